The van der Waals surface area contributed by atoms with Crippen LogP contribution in [0.2, 0.25) is 0 Å². The van der Waals surface area contributed by atoms with Gasteiger partial charge in [-0.3, -0.25) is 0 Å². The van der Waals surface area contributed by atoms with Crippen LogP contribution in [0.15, 0.2) is 42.5 Å². The Morgan fingerprint density at radius 3 is 2.44 bits per heavy atom. The molecule has 0 saturated carbocycles. The molecule has 0 spiro atoms. The van der Waals surface area contributed by atoms with Gasteiger partial charge in [-0.2, -0.15) is 0 Å². The summed E-state index contributed by atoms with van der Waals surface area (Å²) in [5.74, 6) is 0. The Morgan fingerprint density at radius 1 is 1.44 bits per heavy atom. The summed E-state index contributed by atoms with van der Waals surface area (Å²) in [5, 5.41) is 0. The van der Waals surface area contributed by atoms with Crippen LogP contribution in [0, 0.1) is 0 Å². The van der Waals surface area contributed by atoms with E-state index in [0.29, 0.717) is 6.42 Å². The zero-order chi connectivity index (χ0) is 12.2. The molecule has 0 aliphatic rings. The molecule has 16 heavy (non-hydrogen) atoms. The van der Waals surface area contributed by atoms with E-state index in [9.17, 15) is 4.79 Å². The maximum absolute atomic E-state index is 10.9. The van der Waals surface area contributed by atoms with Crippen LogP contribution in [-0.2, 0) is 11.2 Å². The van der Waals surface area contributed by atoms with Crippen LogP contribution in [0.1, 0.15) is 19.4 Å². The van der Waals surface area contributed by atoms with Gasteiger partial charge in [-0.15, -0.1) is 0 Å². The minimum absolute atomic E-state index is 0.576. The van der Waals surface area contributed by atoms with E-state index in [4.69, 9.17) is 10.5 Å². The van der Waals surface area contributed by atoms with Crippen LogP contribution in [0.25, 0.3) is 0 Å². The number of amides is 1. The Kier molecular flexibility index (Phi) is 3.72. The summed E-state index contributed by atoms with van der Waals surface area (Å²) in [6.45, 7) is 7.48. The third-order valence-corrected chi connectivity index (χ3v) is 2.61. The van der Waals surface area contributed by atoms with Crippen molar-refractivity contribution in [3.05, 3.63) is 48.0 Å². The first kappa shape index (κ1) is 12.3. The number of carbonyl (C=O) groups is 1. The van der Waals surface area contributed by atoms with Crippen LogP contribution in [0.3, 0.4) is 0 Å². The molecule has 1 aromatic carbocycles. The number of rotatable bonds is 4. The van der Waals surface area contributed by atoms with Gasteiger partial charge in [0.1, 0.15) is 5.60 Å². The molecule has 0 aliphatic heterocycles. The highest BCUT2D eigenvalue weighted by Gasteiger charge is 2.29. The van der Waals surface area contributed by atoms with Crippen molar-refractivity contribution >= 4 is 6.09 Å². The molecule has 1 rings (SSSR count). The molecule has 0 fully saturated rings. The highest BCUT2D eigenvalue weighted by molar-refractivity contribution is 5.65. The molecule has 0 radical (unpaired) electrons. The van der Waals surface area contributed by atoms with Crippen molar-refractivity contribution in [2.45, 2.75) is 25.9 Å². The molecule has 3 nitrogen and oxygen atoms in total. The summed E-state index contributed by atoms with van der Waals surface area (Å²) >= 11 is 0. The van der Waals surface area contributed by atoms with Gasteiger partial charge in [0, 0.05) is 6.42 Å². The normalized spacial score (nSPS) is 13.9. The molecule has 0 heterocycles. The van der Waals surface area contributed by atoms with E-state index >= 15 is 0 Å². The lowest BCUT2D eigenvalue weighted by Gasteiger charge is -2.29. The molecule has 0 aromatic heterocycles. The average molecular weight is 219 g/mol. The summed E-state index contributed by atoms with van der Waals surface area (Å²) in [6, 6.07) is 9.78. The maximum Gasteiger partial charge on any atom is 0.405 e. The van der Waals surface area contributed by atoms with Crippen LogP contribution >= 0.6 is 0 Å². The molecular formula is C13H17NO2. The standard InChI is InChI=1S/C13H17NO2/c1-10(2)13(3,16-12(14)15)9-11-7-5-4-6-8-11/h4-8H,1,9H2,2-3H3,(H2,14,15). The first-order valence-corrected chi connectivity index (χ1v) is 5.12. The number of carbonyl (C=O) groups excluding carboxylic acids is 1. The number of ether oxygens (including phenoxy) is 1. The fourth-order valence-electron chi connectivity index (χ4n) is 1.48. The Balaban J connectivity index is 2.87. The molecule has 1 unspecified atom stereocenters. The third-order valence-electron chi connectivity index (χ3n) is 2.61. The summed E-state index contributed by atoms with van der Waals surface area (Å²) in [5.41, 5.74) is 6.18. The molecule has 0 aliphatic carbocycles. The van der Waals surface area contributed by atoms with Crippen molar-refractivity contribution in [2.24, 2.45) is 5.73 Å². The molecule has 1 atom stereocenters. The van der Waals surface area contributed by atoms with Crippen LogP contribution < -0.4 is 5.73 Å². The summed E-state index contributed by atoms with van der Waals surface area (Å²) < 4.78 is 5.14. The summed E-state index contributed by atoms with van der Waals surface area (Å²) in [7, 11) is 0. The van der Waals surface area contributed by atoms with Crippen LogP contribution in [0.4, 0.5) is 4.79 Å². The molecule has 1 aromatic rings. The van der Waals surface area contributed by atoms with Crippen molar-refractivity contribution in [1.82, 2.24) is 0 Å². The van der Waals surface area contributed by atoms with Crippen molar-refractivity contribution < 1.29 is 9.53 Å². The Hall–Kier alpha value is -1.77. The zero-order valence-corrected chi connectivity index (χ0v) is 9.69. The van der Waals surface area contributed by atoms with E-state index in [1.807, 2.05) is 44.2 Å². The monoisotopic (exact) mass is 219 g/mol. The lowest BCUT2D eigenvalue weighted by Crippen LogP contribution is -2.37. The second-order valence-corrected chi connectivity index (χ2v) is 4.09. The van der Waals surface area contributed by atoms with Gasteiger partial charge >= 0.3 is 6.09 Å². The van der Waals surface area contributed by atoms with Crippen molar-refractivity contribution in [1.29, 1.82) is 0 Å². The second-order valence-electron chi connectivity index (χ2n) is 4.09. The highest BCUT2D eigenvalue weighted by Crippen LogP contribution is 2.24. The fraction of sp³-hybridized carbons (Fsp3) is 0.308. The van der Waals surface area contributed by atoms with Gasteiger partial charge in [-0.1, -0.05) is 36.9 Å². The lowest BCUT2D eigenvalue weighted by molar-refractivity contribution is 0.0591. The van der Waals surface area contributed by atoms with Crippen LogP contribution in [0.5, 0.6) is 0 Å². The predicted octanol–water partition coefficient (Wildman–Crippen LogP) is 2.66. The van der Waals surface area contributed by atoms with E-state index in [0.717, 1.165) is 11.1 Å². The first-order valence-electron chi connectivity index (χ1n) is 5.12. The predicted molar refractivity (Wildman–Crippen MR) is 64.0 cm³/mol. The minimum atomic E-state index is -0.776. The van der Waals surface area contributed by atoms with E-state index in [2.05, 4.69) is 6.58 Å². The summed E-state index contributed by atoms with van der Waals surface area (Å²) in [6.07, 6.45) is -0.201. The average Bonchev–Trinajstić information content (AvgIpc) is 2.17. The Labute approximate surface area is 95.9 Å². The largest absolute Gasteiger partial charge is 0.439 e. The fourth-order valence-corrected chi connectivity index (χ4v) is 1.48. The van der Waals surface area contributed by atoms with Crippen molar-refractivity contribution in [2.75, 3.05) is 0 Å². The molecule has 0 saturated heterocycles. The lowest BCUT2D eigenvalue weighted by atomic mass is 9.90. The van der Waals surface area contributed by atoms with Crippen molar-refractivity contribution in [3.63, 3.8) is 0 Å². The van der Waals surface area contributed by atoms with Gasteiger partial charge in [0.25, 0.3) is 0 Å². The summed E-state index contributed by atoms with van der Waals surface area (Å²) in [4.78, 5) is 10.9. The zero-order valence-electron chi connectivity index (χ0n) is 9.69. The molecule has 0 bridgehead atoms. The second kappa shape index (κ2) is 4.84. The first-order chi connectivity index (χ1) is 7.44. The van der Waals surface area contributed by atoms with Gasteiger partial charge in [-0.05, 0) is 25.0 Å². The van der Waals surface area contributed by atoms with Gasteiger partial charge < -0.3 is 10.5 Å². The van der Waals surface area contributed by atoms with Crippen molar-refractivity contribution in [3.8, 4) is 0 Å². The number of hydrogen-bond acceptors (Lipinski definition) is 2. The van der Waals surface area contributed by atoms with Crippen LogP contribution in [-0.4, -0.2) is 11.7 Å². The highest BCUT2D eigenvalue weighted by atomic mass is 16.6. The van der Waals surface area contributed by atoms with E-state index in [-0.39, 0.29) is 0 Å². The maximum atomic E-state index is 10.9. The molecule has 86 valence electrons. The molecular weight excluding hydrogens is 202 g/mol. The number of primary amides is 1. The van der Waals surface area contributed by atoms with E-state index in [1.165, 1.54) is 0 Å². The smallest absolute Gasteiger partial charge is 0.405 e. The number of hydrogen-bond donors (Lipinski definition) is 1. The van der Waals surface area contributed by atoms with Gasteiger partial charge in [0.05, 0.1) is 0 Å². The molecule has 2 N–H and O–H groups in total. The SMILES string of the molecule is C=C(C)C(C)(Cc1ccccc1)OC(N)=O. The third kappa shape index (κ3) is 3.12. The number of nitrogens with two attached hydrogens (primary N) is 1. The Bertz CT molecular complexity index is 386. The topological polar surface area (TPSA) is 52.3 Å². The molecule has 3 heteroatoms. The van der Waals surface area contributed by atoms with Gasteiger partial charge in [0.2, 0.25) is 0 Å². The Morgan fingerprint density at radius 2 is 2.00 bits per heavy atom. The van der Waals surface area contributed by atoms with Gasteiger partial charge in [0.15, 0.2) is 0 Å². The van der Waals surface area contributed by atoms with E-state index in [1.54, 1.807) is 0 Å². The minimum Gasteiger partial charge on any atom is -0.439 e. The number of benzene rings is 1. The quantitative estimate of drug-likeness (QED) is 0.791. The van der Waals surface area contributed by atoms with E-state index < -0.39 is 11.7 Å². The van der Waals surface area contributed by atoms with Gasteiger partial charge in [-0.25, -0.2) is 4.79 Å². The molecule has 1 amide bonds.